The van der Waals surface area contributed by atoms with Crippen LogP contribution < -0.4 is 0 Å². The summed E-state index contributed by atoms with van der Waals surface area (Å²) < 4.78 is 7.06. The summed E-state index contributed by atoms with van der Waals surface area (Å²) in [6.07, 6.45) is 3.80. The number of carbonyl (C=O) groups excluding carboxylic acids is 2. The summed E-state index contributed by atoms with van der Waals surface area (Å²) in [6.45, 7) is 9.42. The van der Waals surface area contributed by atoms with Crippen LogP contribution in [-0.2, 0) is 4.74 Å². The van der Waals surface area contributed by atoms with Gasteiger partial charge in [-0.3, -0.25) is 4.79 Å². The maximum Gasteiger partial charge on any atom is 0.410 e. The SMILES string of the molecule is Cc1nn2cccnc2c1C(=O)N1CCCN(C(=O)OC(C)(C)C)CC1. The maximum atomic E-state index is 13.1. The lowest BCUT2D eigenvalue weighted by Gasteiger charge is -2.26. The Labute approximate surface area is 152 Å². The smallest absolute Gasteiger partial charge is 0.410 e. The van der Waals surface area contributed by atoms with Crippen LogP contribution in [0.5, 0.6) is 0 Å². The second kappa shape index (κ2) is 6.93. The fourth-order valence-electron chi connectivity index (χ4n) is 3.03. The van der Waals surface area contributed by atoms with Crippen molar-refractivity contribution >= 4 is 17.6 Å². The number of rotatable bonds is 1. The molecule has 2 aromatic rings. The minimum Gasteiger partial charge on any atom is -0.444 e. The average molecular weight is 359 g/mol. The van der Waals surface area contributed by atoms with Gasteiger partial charge in [-0.1, -0.05) is 0 Å². The highest BCUT2D eigenvalue weighted by Crippen LogP contribution is 2.18. The van der Waals surface area contributed by atoms with Crippen LogP contribution in [0, 0.1) is 6.92 Å². The molecule has 0 atom stereocenters. The number of aromatic nitrogens is 3. The Balaban J connectivity index is 1.73. The first kappa shape index (κ1) is 18.2. The van der Waals surface area contributed by atoms with Gasteiger partial charge in [-0.25, -0.2) is 14.3 Å². The topological polar surface area (TPSA) is 80.0 Å². The van der Waals surface area contributed by atoms with E-state index in [1.54, 1.807) is 32.8 Å². The van der Waals surface area contributed by atoms with E-state index in [0.717, 1.165) is 0 Å². The predicted octanol–water partition coefficient (Wildman–Crippen LogP) is 2.12. The number of ether oxygens (including phenoxy) is 1. The number of hydrogen-bond donors (Lipinski definition) is 0. The molecule has 0 aromatic carbocycles. The summed E-state index contributed by atoms with van der Waals surface area (Å²) in [5.74, 6) is -0.0951. The minimum atomic E-state index is -0.529. The molecule has 8 nitrogen and oxygen atoms in total. The van der Waals surface area contributed by atoms with E-state index in [1.807, 2.05) is 27.7 Å². The Bertz CT molecular complexity index is 824. The Kier molecular flexibility index (Phi) is 4.84. The van der Waals surface area contributed by atoms with E-state index in [9.17, 15) is 9.59 Å². The summed E-state index contributed by atoms with van der Waals surface area (Å²) >= 11 is 0. The molecular formula is C18H25N5O3. The van der Waals surface area contributed by atoms with Crippen molar-refractivity contribution in [1.29, 1.82) is 0 Å². The highest BCUT2D eigenvalue weighted by Gasteiger charge is 2.28. The molecule has 26 heavy (non-hydrogen) atoms. The Hall–Kier alpha value is -2.64. The number of carbonyl (C=O) groups is 2. The molecule has 1 aliphatic rings. The van der Waals surface area contributed by atoms with Gasteiger partial charge in [0.15, 0.2) is 5.65 Å². The van der Waals surface area contributed by atoms with Crippen molar-refractivity contribution in [3.05, 3.63) is 29.7 Å². The Morgan fingerprint density at radius 3 is 2.54 bits per heavy atom. The van der Waals surface area contributed by atoms with Gasteiger partial charge in [-0.05, 0) is 40.2 Å². The molecule has 140 valence electrons. The Morgan fingerprint density at radius 2 is 1.81 bits per heavy atom. The van der Waals surface area contributed by atoms with Gasteiger partial charge >= 0.3 is 6.09 Å². The normalized spacial score (nSPS) is 15.8. The first-order valence-electron chi connectivity index (χ1n) is 8.83. The van der Waals surface area contributed by atoms with Crippen molar-refractivity contribution in [2.45, 2.75) is 39.7 Å². The van der Waals surface area contributed by atoms with E-state index < -0.39 is 5.60 Å². The lowest BCUT2D eigenvalue weighted by molar-refractivity contribution is 0.0255. The van der Waals surface area contributed by atoms with Crippen molar-refractivity contribution in [2.24, 2.45) is 0 Å². The van der Waals surface area contributed by atoms with Gasteiger partial charge in [0.1, 0.15) is 11.2 Å². The van der Waals surface area contributed by atoms with Gasteiger partial charge in [0.05, 0.1) is 5.69 Å². The quantitative estimate of drug-likeness (QED) is 0.779. The highest BCUT2D eigenvalue weighted by atomic mass is 16.6. The monoisotopic (exact) mass is 359 g/mol. The van der Waals surface area contributed by atoms with Crippen LogP contribution in [0.1, 0.15) is 43.2 Å². The molecule has 0 saturated carbocycles. The summed E-state index contributed by atoms with van der Waals surface area (Å²) in [6, 6.07) is 1.78. The summed E-state index contributed by atoms with van der Waals surface area (Å²) in [7, 11) is 0. The van der Waals surface area contributed by atoms with Crippen LogP contribution in [0.2, 0.25) is 0 Å². The standard InChI is InChI=1S/C18H25N5O3/c1-13-14(15-19-7-5-10-23(15)20-13)16(24)21-8-6-9-22(12-11-21)17(25)26-18(2,3)4/h5,7,10H,6,8-9,11-12H2,1-4H3. The molecule has 0 unspecified atom stereocenters. The van der Waals surface area contributed by atoms with Gasteiger partial charge < -0.3 is 14.5 Å². The van der Waals surface area contributed by atoms with E-state index >= 15 is 0 Å². The second-order valence-corrected chi connectivity index (χ2v) is 7.46. The molecule has 3 rings (SSSR count). The maximum absolute atomic E-state index is 13.1. The molecule has 3 heterocycles. The summed E-state index contributed by atoms with van der Waals surface area (Å²) in [5.41, 5.74) is 1.21. The zero-order valence-electron chi connectivity index (χ0n) is 15.7. The van der Waals surface area contributed by atoms with Crippen LogP contribution in [0.15, 0.2) is 18.5 Å². The lowest BCUT2D eigenvalue weighted by Crippen LogP contribution is -2.40. The molecule has 1 saturated heterocycles. The van der Waals surface area contributed by atoms with Crippen molar-refractivity contribution in [2.75, 3.05) is 26.2 Å². The van der Waals surface area contributed by atoms with E-state index in [2.05, 4.69) is 10.1 Å². The van der Waals surface area contributed by atoms with Gasteiger partial charge in [0, 0.05) is 38.6 Å². The van der Waals surface area contributed by atoms with Gasteiger partial charge in [0.25, 0.3) is 5.91 Å². The summed E-state index contributed by atoms with van der Waals surface area (Å²) in [4.78, 5) is 33.1. The van der Waals surface area contributed by atoms with E-state index in [1.165, 1.54) is 0 Å². The number of hydrogen-bond acceptors (Lipinski definition) is 5. The highest BCUT2D eigenvalue weighted by molar-refractivity contribution is 6.01. The van der Waals surface area contributed by atoms with Gasteiger partial charge in [-0.2, -0.15) is 5.10 Å². The number of aryl methyl sites for hydroxylation is 1. The third-order valence-electron chi connectivity index (χ3n) is 4.22. The fraction of sp³-hybridized carbons (Fsp3) is 0.556. The molecule has 1 aliphatic heterocycles. The lowest BCUT2D eigenvalue weighted by atomic mass is 10.2. The molecule has 8 heteroatoms. The molecule has 1 fully saturated rings. The van der Waals surface area contributed by atoms with E-state index in [0.29, 0.717) is 49.5 Å². The predicted molar refractivity (Wildman–Crippen MR) is 96.1 cm³/mol. The van der Waals surface area contributed by atoms with Crippen LogP contribution in [0.25, 0.3) is 5.65 Å². The molecule has 2 amide bonds. The van der Waals surface area contributed by atoms with Crippen LogP contribution in [-0.4, -0.2) is 68.2 Å². The molecule has 0 bridgehead atoms. The van der Waals surface area contributed by atoms with Crippen molar-refractivity contribution in [3.8, 4) is 0 Å². The molecule has 2 aromatic heterocycles. The van der Waals surface area contributed by atoms with Crippen LogP contribution in [0.3, 0.4) is 0 Å². The van der Waals surface area contributed by atoms with E-state index in [-0.39, 0.29) is 12.0 Å². The van der Waals surface area contributed by atoms with Gasteiger partial charge in [-0.15, -0.1) is 0 Å². The Morgan fingerprint density at radius 1 is 1.12 bits per heavy atom. The second-order valence-electron chi connectivity index (χ2n) is 7.46. The summed E-state index contributed by atoms with van der Waals surface area (Å²) in [5, 5.41) is 4.36. The van der Waals surface area contributed by atoms with Crippen molar-refractivity contribution in [3.63, 3.8) is 0 Å². The third-order valence-corrected chi connectivity index (χ3v) is 4.22. The number of fused-ring (bicyclic) bond motifs is 1. The number of amides is 2. The third kappa shape index (κ3) is 3.79. The zero-order chi connectivity index (χ0) is 18.9. The molecule has 0 radical (unpaired) electrons. The first-order valence-corrected chi connectivity index (χ1v) is 8.83. The van der Waals surface area contributed by atoms with Crippen molar-refractivity contribution in [1.82, 2.24) is 24.4 Å². The zero-order valence-corrected chi connectivity index (χ0v) is 15.7. The average Bonchev–Trinajstić information content (AvgIpc) is 2.73. The first-order chi connectivity index (χ1) is 12.3. The van der Waals surface area contributed by atoms with E-state index in [4.69, 9.17) is 4.74 Å². The number of nitrogens with zero attached hydrogens (tertiary/aromatic N) is 5. The molecule has 0 spiro atoms. The van der Waals surface area contributed by atoms with Crippen LogP contribution >= 0.6 is 0 Å². The molecule has 0 N–H and O–H groups in total. The largest absolute Gasteiger partial charge is 0.444 e. The fourth-order valence-corrected chi connectivity index (χ4v) is 3.03. The molecule has 0 aliphatic carbocycles. The van der Waals surface area contributed by atoms with Gasteiger partial charge in [0.2, 0.25) is 0 Å². The van der Waals surface area contributed by atoms with Crippen molar-refractivity contribution < 1.29 is 14.3 Å². The van der Waals surface area contributed by atoms with Crippen LogP contribution in [0.4, 0.5) is 4.79 Å². The minimum absolute atomic E-state index is 0.0951. The molecular weight excluding hydrogens is 334 g/mol.